The Morgan fingerprint density at radius 1 is 1.20 bits per heavy atom. The molecule has 1 aromatic heterocycles. The van der Waals surface area contributed by atoms with Crippen molar-refractivity contribution in [2.45, 2.75) is 25.7 Å². The van der Waals surface area contributed by atoms with Crippen molar-refractivity contribution in [3.05, 3.63) is 47.3 Å². The van der Waals surface area contributed by atoms with Crippen molar-refractivity contribution in [1.29, 1.82) is 5.26 Å². The molecule has 0 saturated heterocycles. The normalized spacial score (nSPS) is 10.1. The number of pyridine rings is 1. The van der Waals surface area contributed by atoms with Crippen LogP contribution in [0.25, 0.3) is 0 Å². The minimum Gasteiger partial charge on any atom is -0.353 e. The molecule has 0 amide bonds. The number of rotatable bonds is 4. The van der Waals surface area contributed by atoms with Crippen molar-refractivity contribution in [3.63, 3.8) is 0 Å². The molecule has 3 nitrogen and oxygen atoms in total. The predicted molar refractivity (Wildman–Crippen MR) is 84.5 cm³/mol. The number of hydrogen-bond acceptors (Lipinski definition) is 4. The Hall–Kier alpha value is -1.99. The van der Waals surface area contributed by atoms with E-state index in [1.165, 1.54) is 0 Å². The molecule has 0 saturated carbocycles. The summed E-state index contributed by atoms with van der Waals surface area (Å²) in [6, 6.07) is 12.1. The largest absolute Gasteiger partial charge is 0.353 e. The van der Waals surface area contributed by atoms with Crippen molar-refractivity contribution >= 4 is 23.1 Å². The second-order valence-electron chi connectivity index (χ2n) is 4.43. The molecule has 4 heteroatoms. The van der Waals surface area contributed by atoms with E-state index in [0.717, 1.165) is 33.4 Å². The van der Waals surface area contributed by atoms with Gasteiger partial charge in [-0.25, -0.2) is 0 Å². The molecule has 0 aliphatic rings. The molecule has 0 unspecified atom stereocenters. The van der Waals surface area contributed by atoms with Gasteiger partial charge in [0.1, 0.15) is 6.07 Å². The van der Waals surface area contributed by atoms with Gasteiger partial charge in [-0.1, -0.05) is 13.0 Å². The van der Waals surface area contributed by atoms with Gasteiger partial charge in [-0.3, -0.25) is 4.98 Å². The van der Waals surface area contributed by atoms with Crippen LogP contribution >= 0.6 is 11.8 Å². The van der Waals surface area contributed by atoms with E-state index in [2.05, 4.69) is 23.3 Å². The van der Waals surface area contributed by atoms with Gasteiger partial charge < -0.3 is 5.32 Å². The van der Waals surface area contributed by atoms with Crippen LogP contribution in [0.4, 0.5) is 11.4 Å². The summed E-state index contributed by atoms with van der Waals surface area (Å²) in [6.07, 6.45) is 0. The lowest BCUT2D eigenvalue weighted by atomic mass is 10.1. The van der Waals surface area contributed by atoms with E-state index in [-0.39, 0.29) is 0 Å². The molecular formula is C16H17N3S. The van der Waals surface area contributed by atoms with Crippen LogP contribution in [0.1, 0.15) is 23.9 Å². The van der Waals surface area contributed by atoms with Gasteiger partial charge in [0.15, 0.2) is 0 Å². The fourth-order valence-electron chi connectivity index (χ4n) is 1.99. The number of nitrogens with zero attached hydrogens (tertiary/aromatic N) is 2. The molecule has 20 heavy (non-hydrogen) atoms. The molecule has 1 aromatic carbocycles. The molecule has 0 aliphatic carbocycles. The first-order valence-corrected chi connectivity index (χ1v) is 7.51. The number of nitrogens with one attached hydrogen (secondary N) is 1. The van der Waals surface area contributed by atoms with Crippen LogP contribution < -0.4 is 5.32 Å². The predicted octanol–water partition coefficient (Wildman–Crippen LogP) is 4.43. The Bertz CT molecular complexity index is 659. The van der Waals surface area contributed by atoms with Crippen LogP contribution in [0.5, 0.6) is 0 Å². The molecular weight excluding hydrogens is 266 g/mol. The van der Waals surface area contributed by atoms with Gasteiger partial charge in [-0.05, 0) is 43.9 Å². The summed E-state index contributed by atoms with van der Waals surface area (Å²) in [7, 11) is 0. The Morgan fingerprint density at radius 3 is 2.65 bits per heavy atom. The maximum atomic E-state index is 9.40. The Balaban J connectivity index is 2.38. The van der Waals surface area contributed by atoms with Crippen LogP contribution in [0, 0.1) is 25.2 Å². The maximum absolute atomic E-state index is 9.40. The summed E-state index contributed by atoms with van der Waals surface area (Å²) < 4.78 is 0. The monoisotopic (exact) mass is 283 g/mol. The molecule has 0 fully saturated rings. The zero-order chi connectivity index (χ0) is 14.5. The third-order valence-electron chi connectivity index (χ3n) is 2.93. The first-order valence-electron chi connectivity index (χ1n) is 6.53. The minimum absolute atomic E-state index is 0.694. The lowest BCUT2D eigenvalue weighted by Gasteiger charge is -2.13. The third-order valence-corrected chi connectivity index (χ3v) is 3.87. The van der Waals surface area contributed by atoms with Crippen molar-refractivity contribution < 1.29 is 0 Å². The molecule has 0 radical (unpaired) electrons. The number of aromatic nitrogens is 1. The first-order chi connectivity index (χ1) is 9.65. The summed E-state index contributed by atoms with van der Waals surface area (Å²) in [6.45, 7) is 6.02. The number of benzene rings is 1. The van der Waals surface area contributed by atoms with E-state index in [0.29, 0.717) is 5.56 Å². The maximum Gasteiger partial charge on any atom is 0.103 e. The molecule has 0 atom stereocenters. The average molecular weight is 283 g/mol. The highest BCUT2D eigenvalue weighted by Gasteiger charge is 2.09. The summed E-state index contributed by atoms with van der Waals surface area (Å²) in [5.74, 6) is 0.948. The molecule has 0 spiro atoms. The summed E-state index contributed by atoms with van der Waals surface area (Å²) in [4.78, 5) is 5.45. The topological polar surface area (TPSA) is 48.7 Å². The van der Waals surface area contributed by atoms with Gasteiger partial charge in [0, 0.05) is 10.6 Å². The van der Waals surface area contributed by atoms with Crippen LogP contribution in [0.15, 0.2) is 35.2 Å². The highest BCUT2D eigenvalue weighted by Crippen LogP contribution is 2.30. The number of nitriles is 1. The SMILES string of the molecule is CCSc1cccc(Nc2ccc(C)nc2C)c1C#N. The van der Waals surface area contributed by atoms with Crippen molar-refractivity contribution in [3.8, 4) is 6.07 Å². The van der Waals surface area contributed by atoms with E-state index in [4.69, 9.17) is 0 Å². The summed E-state index contributed by atoms with van der Waals surface area (Å²) in [5.41, 5.74) is 4.39. The van der Waals surface area contributed by atoms with Gasteiger partial charge in [-0.15, -0.1) is 11.8 Å². The highest BCUT2D eigenvalue weighted by molar-refractivity contribution is 7.99. The molecule has 0 aliphatic heterocycles. The minimum atomic E-state index is 0.694. The zero-order valence-electron chi connectivity index (χ0n) is 11.9. The Kier molecular flexibility index (Phi) is 4.65. The lowest BCUT2D eigenvalue weighted by molar-refractivity contribution is 1.12. The molecule has 0 bridgehead atoms. The number of thioether (sulfide) groups is 1. The lowest BCUT2D eigenvalue weighted by Crippen LogP contribution is -1.99. The second-order valence-corrected chi connectivity index (χ2v) is 5.74. The molecule has 1 N–H and O–H groups in total. The Morgan fingerprint density at radius 2 is 2.00 bits per heavy atom. The fourth-order valence-corrected chi connectivity index (χ4v) is 2.78. The average Bonchev–Trinajstić information content (AvgIpc) is 2.42. The van der Waals surface area contributed by atoms with E-state index >= 15 is 0 Å². The van der Waals surface area contributed by atoms with Crippen LogP contribution in [-0.4, -0.2) is 10.7 Å². The van der Waals surface area contributed by atoms with Crippen molar-refractivity contribution in [2.24, 2.45) is 0 Å². The van der Waals surface area contributed by atoms with E-state index in [9.17, 15) is 5.26 Å². The van der Waals surface area contributed by atoms with Crippen LogP contribution in [0.3, 0.4) is 0 Å². The number of anilines is 2. The summed E-state index contributed by atoms with van der Waals surface area (Å²) >= 11 is 1.68. The van der Waals surface area contributed by atoms with E-state index in [1.807, 2.05) is 44.2 Å². The Labute approximate surface area is 124 Å². The van der Waals surface area contributed by atoms with Gasteiger partial charge in [-0.2, -0.15) is 5.26 Å². The molecule has 2 aromatic rings. The quantitative estimate of drug-likeness (QED) is 0.843. The zero-order valence-corrected chi connectivity index (χ0v) is 12.7. The van der Waals surface area contributed by atoms with E-state index < -0.39 is 0 Å². The number of aryl methyl sites for hydroxylation is 2. The fraction of sp³-hybridized carbons (Fsp3) is 0.250. The number of hydrogen-bond donors (Lipinski definition) is 1. The smallest absolute Gasteiger partial charge is 0.103 e. The van der Waals surface area contributed by atoms with Gasteiger partial charge in [0.25, 0.3) is 0 Å². The highest BCUT2D eigenvalue weighted by atomic mass is 32.2. The summed E-state index contributed by atoms with van der Waals surface area (Å²) in [5, 5.41) is 12.7. The van der Waals surface area contributed by atoms with Gasteiger partial charge >= 0.3 is 0 Å². The molecule has 1 heterocycles. The van der Waals surface area contributed by atoms with Crippen molar-refractivity contribution in [2.75, 3.05) is 11.1 Å². The van der Waals surface area contributed by atoms with Crippen LogP contribution in [0.2, 0.25) is 0 Å². The second kappa shape index (κ2) is 6.44. The van der Waals surface area contributed by atoms with Crippen LogP contribution in [-0.2, 0) is 0 Å². The third kappa shape index (κ3) is 3.12. The van der Waals surface area contributed by atoms with Crippen molar-refractivity contribution in [1.82, 2.24) is 4.98 Å². The standard InChI is InChI=1S/C16H17N3S/c1-4-20-16-7-5-6-15(13(16)10-17)19-14-9-8-11(2)18-12(14)3/h5-9,19H,4H2,1-3H3. The van der Waals surface area contributed by atoms with Gasteiger partial charge in [0.2, 0.25) is 0 Å². The van der Waals surface area contributed by atoms with E-state index in [1.54, 1.807) is 11.8 Å². The molecule has 102 valence electrons. The first kappa shape index (κ1) is 14.4. The van der Waals surface area contributed by atoms with Gasteiger partial charge in [0.05, 0.1) is 22.6 Å². The molecule has 2 rings (SSSR count).